The van der Waals surface area contributed by atoms with E-state index in [-0.39, 0.29) is 11.5 Å². The van der Waals surface area contributed by atoms with Gasteiger partial charge in [0.25, 0.3) is 0 Å². The van der Waals surface area contributed by atoms with Crippen molar-refractivity contribution in [1.29, 1.82) is 0 Å². The molecule has 1 aliphatic carbocycles. The second-order valence-corrected chi connectivity index (χ2v) is 9.45. The van der Waals surface area contributed by atoms with E-state index in [0.29, 0.717) is 31.2 Å². The predicted molar refractivity (Wildman–Crippen MR) is 118 cm³/mol. The summed E-state index contributed by atoms with van der Waals surface area (Å²) >= 11 is 0. The molecule has 2 N–H and O–H groups in total. The Morgan fingerprint density at radius 2 is 2.03 bits per heavy atom. The number of hydrogen-bond donors (Lipinski definition) is 2. The van der Waals surface area contributed by atoms with E-state index in [2.05, 4.69) is 46.8 Å². The summed E-state index contributed by atoms with van der Waals surface area (Å²) in [5, 5.41) is 15.9. The first-order valence-electron chi connectivity index (χ1n) is 11.2. The van der Waals surface area contributed by atoms with Gasteiger partial charge in [-0.1, -0.05) is 32.0 Å². The van der Waals surface area contributed by atoms with Crippen LogP contribution >= 0.6 is 0 Å². The number of rotatable bonds is 4. The quantitative estimate of drug-likeness (QED) is 0.579. The molecule has 0 spiro atoms. The monoisotopic (exact) mass is 424 g/mol. The zero-order chi connectivity index (χ0) is 21.6. The first kappa shape index (κ1) is 20.3. The molecule has 1 aromatic heterocycles. The van der Waals surface area contributed by atoms with Gasteiger partial charge in [-0.25, -0.2) is 4.99 Å². The number of aryl methyl sites for hydroxylation is 1. The number of fused-ring (bicyclic) bond motifs is 2. The molecule has 166 valence electrons. The van der Waals surface area contributed by atoms with Crippen LogP contribution in [0.4, 0.5) is 0 Å². The number of aliphatic imine (C=N–C) groups is 1. The van der Waals surface area contributed by atoms with Crippen LogP contribution in [0.1, 0.15) is 49.9 Å². The lowest BCUT2D eigenvalue weighted by Crippen LogP contribution is -2.68. The smallest absolute Gasteiger partial charge is 0.192 e. The van der Waals surface area contributed by atoms with Crippen LogP contribution in [0.25, 0.3) is 0 Å². The van der Waals surface area contributed by atoms with Crippen LogP contribution in [-0.4, -0.2) is 46.1 Å². The third kappa shape index (κ3) is 3.56. The molecule has 0 radical (unpaired) electrons. The molecule has 0 amide bonds. The molecule has 8 nitrogen and oxygen atoms in total. The Kier molecular flexibility index (Phi) is 5.12. The zero-order valence-corrected chi connectivity index (χ0v) is 18.8. The summed E-state index contributed by atoms with van der Waals surface area (Å²) < 4.78 is 13.8. The fourth-order valence-electron chi connectivity index (χ4n) is 5.29. The maximum atomic E-state index is 5.98. The molecule has 2 aliphatic heterocycles. The molecule has 3 aliphatic rings. The van der Waals surface area contributed by atoms with E-state index in [9.17, 15) is 0 Å². The molecular weight excluding hydrogens is 392 g/mol. The van der Waals surface area contributed by atoms with Gasteiger partial charge in [-0.3, -0.25) is 0 Å². The van der Waals surface area contributed by atoms with E-state index < -0.39 is 0 Å². The number of ether oxygens (including phenoxy) is 2. The minimum atomic E-state index is 0.0680. The number of para-hydroxylation sites is 1. The van der Waals surface area contributed by atoms with Crippen LogP contribution < -0.4 is 15.4 Å². The van der Waals surface area contributed by atoms with Gasteiger partial charge in [0.1, 0.15) is 18.1 Å². The van der Waals surface area contributed by atoms with Crippen molar-refractivity contribution in [2.75, 3.05) is 13.2 Å². The third-order valence-electron chi connectivity index (χ3n) is 7.22. The molecule has 5 rings (SSSR count). The molecule has 2 aromatic rings. The summed E-state index contributed by atoms with van der Waals surface area (Å²) in [7, 11) is 1.98. The van der Waals surface area contributed by atoms with Crippen molar-refractivity contribution < 1.29 is 9.47 Å². The predicted octanol–water partition coefficient (Wildman–Crippen LogP) is 2.50. The fraction of sp³-hybridized carbons (Fsp3) is 0.609. The van der Waals surface area contributed by atoms with Gasteiger partial charge in [0.05, 0.1) is 18.8 Å². The van der Waals surface area contributed by atoms with Gasteiger partial charge in [0.2, 0.25) is 0 Å². The Bertz CT molecular complexity index is 984. The highest BCUT2D eigenvalue weighted by molar-refractivity contribution is 5.81. The Morgan fingerprint density at radius 1 is 1.19 bits per heavy atom. The Balaban J connectivity index is 1.39. The maximum Gasteiger partial charge on any atom is 0.192 e. The Hall–Kier alpha value is -2.61. The number of hydrogen-bond acceptors (Lipinski definition) is 5. The number of benzene rings is 1. The summed E-state index contributed by atoms with van der Waals surface area (Å²) in [5.74, 6) is 4.02. The van der Waals surface area contributed by atoms with Gasteiger partial charge in [0, 0.05) is 43.0 Å². The topological polar surface area (TPSA) is 85.6 Å². The molecule has 1 saturated carbocycles. The average molecular weight is 425 g/mol. The van der Waals surface area contributed by atoms with Gasteiger partial charge < -0.3 is 24.7 Å². The largest absolute Gasteiger partial charge is 0.493 e. The third-order valence-corrected chi connectivity index (χ3v) is 7.22. The molecule has 8 heteroatoms. The minimum absolute atomic E-state index is 0.0680. The SMILES string of the molecule is Cc1nnc(CN=C(NC2CCOc3ccccc32)NC2C3CCOC3C2(C)C)n1C. The molecule has 0 bridgehead atoms. The molecule has 4 atom stereocenters. The van der Waals surface area contributed by atoms with E-state index in [4.69, 9.17) is 14.5 Å². The minimum Gasteiger partial charge on any atom is -0.493 e. The van der Waals surface area contributed by atoms with Crippen molar-refractivity contribution in [3.05, 3.63) is 41.5 Å². The number of nitrogens with zero attached hydrogens (tertiary/aromatic N) is 4. The number of aromatic nitrogens is 3. The van der Waals surface area contributed by atoms with E-state index in [0.717, 1.165) is 42.8 Å². The average Bonchev–Trinajstić information content (AvgIpc) is 3.36. The van der Waals surface area contributed by atoms with Crippen LogP contribution in [0.5, 0.6) is 5.75 Å². The second-order valence-electron chi connectivity index (χ2n) is 9.45. The standard InChI is InChI=1S/C23H32N6O2/c1-14-27-28-19(29(14)4)13-24-22(26-20-16-9-11-31-21(16)23(20,2)3)25-17-10-12-30-18-8-6-5-7-15(17)18/h5-8,16-17,20-21H,9-13H2,1-4H3,(H2,24,25,26). The molecule has 31 heavy (non-hydrogen) atoms. The summed E-state index contributed by atoms with van der Waals surface area (Å²) in [5.41, 5.74) is 1.24. The molecule has 3 heterocycles. The molecule has 1 saturated heterocycles. The van der Waals surface area contributed by atoms with Crippen molar-refractivity contribution in [2.45, 2.75) is 58.3 Å². The molecule has 2 fully saturated rings. The van der Waals surface area contributed by atoms with Crippen molar-refractivity contribution >= 4 is 5.96 Å². The van der Waals surface area contributed by atoms with Crippen LogP contribution in [-0.2, 0) is 18.3 Å². The first-order valence-corrected chi connectivity index (χ1v) is 11.2. The highest BCUT2D eigenvalue weighted by Crippen LogP contribution is 2.52. The van der Waals surface area contributed by atoms with Gasteiger partial charge in [0.15, 0.2) is 11.8 Å². The van der Waals surface area contributed by atoms with Crippen molar-refractivity contribution in [3.63, 3.8) is 0 Å². The maximum absolute atomic E-state index is 5.98. The number of guanidine groups is 1. The Morgan fingerprint density at radius 3 is 2.84 bits per heavy atom. The fourth-order valence-corrected chi connectivity index (χ4v) is 5.29. The van der Waals surface area contributed by atoms with Crippen molar-refractivity contribution in [1.82, 2.24) is 25.4 Å². The van der Waals surface area contributed by atoms with Gasteiger partial charge in [-0.05, 0) is 19.4 Å². The molecule has 1 aromatic carbocycles. The highest BCUT2D eigenvalue weighted by atomic mass is 16.5. The van der Waals surface area contributed by atoms with Gasteiger partial charge in [-0.2, -0.15) is 0 Å². The second kappa shape index (κ2) is 7.82. The molecular formula is C23H32N6O2. The van der Waals surface area contributed by atoms with Crippen molar-refractivity contribution in [2.24, 2.45) is 23.4 Å². The Labute approximate surface area is 183 Å². The van der Waals surface area contributed by atoms with Crippen LogP contribution in [0.15, 0.2) is 29.3 Å². The van der Waals surface area contributed by atoms with Gasteiger partial charge >= 0.3 is 0 Å². The molecule has 4 unspecified atom stereocenters. The summed E-state index contributed by atoms with van der Waals surface area (Å²) in [6.07, 6.45) is 2.32. The number of nitrogens with one attached hydrogen (secondary N) is 2. The van der Waals surface area contributed by atoms with E-state index in [1.165, 1.54) is 5.56 Å². The first-order chi connectivity index (χ1) is 14.9. The van der Waals surface area contributed by atoms with Gasteiger partial charge in [-0.15, -0.1) is 10.2 Å². The summed E-state index contributed by atoms with van der Waals surface area (Å²) in [6, 6.07) is 8.71. The lowest BCUT2D eigenvalue weighted by molar-refractivity contribution is -0.106. The normalized spacial score (nSPS) is 28.8. The van der Waals surface area contributed by atoms with Crippen LogP contribution in [0, 0.1) is 18.3 Å². The lowest BCUT2D eigenvalue weighted by atomic mass is 9.57. The summed E-state index contributed by atoms with van der Waals surface area (Å²) in [4.78, 5) is 4.93. The van der Waals surface area contributed by atoms with E-state index in [1.54, 1.807) is 0 Å². The lowest BCUT2D eigenvalue weighted by Gasteiger charge is -2.55. The van der Waals surface area contributed by atoms with Crippen LogP contribution in [0.3, 0.4) is 0 Å². The van der Waals surface area contributed by atoms with E-state index >= 15 is 0 Å². The highest BCUT2D eigenvalue weighted by Gasteiger charge is 2.59. The van der Waals surface area contributed by atoms with E-state index in [1.807, 2.05) is 30.7 Å². The van der Waals surface area contributed by atoms with Crippen molar-refractivity contribution in [3.8, 4) is 5.75 Å². The summed E-state index contributed by atoms with van der Waals surface area (Å²) in [6.45, 7) is 8.53. The zero-order valence-electron chi connectivity index (χ0n) is 18.8. The van der Waals surface area contributed by atoms with Crippen LogP contribution in [0.2, 0.25) is 0 Å².